The Bertz CT molecular complexity index is 370. The summed E-state index contributed by atoms with van der Waals surface area (Å²) in [7, 11) is 0. The monoisotopic (exact) mass is 225 g/mol. The van der Waals surface area contributed by atoms with Crippen LogP contribution in [0.25, 0.3) is 0 Å². The highest BCUT2D eigenvalue weighted by atomic mass is 32.2. The molecule has 1 atom stereocenters. The number of fused-ring (bicyclic) bond motifs is 1. The highest BCUT2D eigenvalue weighted by Gasteiger charge is 2.29. The van der Waals surface area contributed by atoms with Crippen LogP contribution in [-0.2, 0) is 0 Å². The number of benzene rings is 1. The lowest BCUT2D eigenvalue weighted by atomic mass is 9.91. The molecule has 1 N–H and O–H groups in total. The van der Waals surface area contributed by atoms with Crippen LogP contribution in [-0.4, -0.2) is 11.8 Å². The van der Waals surface area contributed by atoms with Gasteiger partial charge in [-0.15, -0.1) is 11.8 Å². The quantitative estimate of drug-likeness (QED) is 0.721. The Kier molecular flexibility index (Phi) is 2.67. The number of halogens is 1. The van der Waals surface area contributed by atoms with Gasteiger partial charge in [-0.05, 0) is 23.6 Å². The van der Waals surface area contributed by atoms with E-state index >= 15 is 0 Å². The molecule has 1 nitrogen and oxygen atoms in total. The van der Waals surface area contributed by atoms with Crippen molar-refractivity contribution in [1.82, 2.24) is 0 Å². The Morgan fingerprint density at radius 3 is 2.80 bits per heavy atom. The zero-order valence-electron chi connectivity index (χ0n) is 9.30. The third kappa shape index (κ3) is 2.28. The predicted molar refractivity (Wildman–Crippen MR) is 64.0 cm³/mol. The zero-order chi connectivity index (χ0) is 11.1. The molecule has 2 rings (SSSR count). The average molecular weight is 225 g/mol. The van der Waals surface area contributed by atoms with E-state index in [1.807, 2.05) is 17.8 Å². The number of thioether (sulfide) groups is 1. The van der Waals surface area contributed by atoms with Crippen molar-refractivity contribution < 1.29 is 4.39 Å². The first-order valence-corrected chi connectivity index (χ1v) is 6.05. The molecule has 0 saturated heterocycles. The fraction of sp³-hybridized carbons (Fsp3) is 0.500. The van der Waals surface area contributed by atoms with Crippen LogP contribution in [0.1, 0.15) is 20.8 Å². The van der Waals surface area contributed by atoms with Gasteiger partial charge >= 0.3 is 0 Å². The summed E-state index contributed by atoms with van der Waals surface area (Å²) in [5.74, 6) is -0.170. The molecular weight excluding hydrogens is 209 g/mol. The molecule has 1 aliphatic heterocycles. The average Bonchev–Trinajstić information content (AvgIpc) is 2.15. The van der Waals surface area contributed by atoms with E-state index < -0.39 is 0 Å². The molecule has 0 radical (unpaired) electrons. The summed E-state index contributed by atoms with van der Waals surface area (Å²) in [6.07, 6.45) is 0. The SMILES string of the molecule is CC(C)(C)C1CNc2cc(F)ccc2S1. The van der Waals surface area contributed by atoms with Gasteiger partial charge in [0.05, 0.1) is 5.69 Å². The van der Waals surface area contributed by atoms with Gasteiger partial charge in [-0.25, -0.2) is 4.39 Å². The van der Waals surface area contributed by atoms with Crippen LogP contribution >= 0.6 is 11.8 Å². The first-order valence-electron chi connectivity index (χ1n) is 5.17. The van der Waals surface area contributed by atoms with E-state index in [9.17, 15) is 4.39 Å². The summed E-state index contributed by atoms with van der Waals surface area (Å²) in [6.45, 7) is 7.62. The van der Waals surface area contributed by atoms with E-state index in [4.69, 9.17) is 0 Å². The molecule has 1 aromatic carbocycles. The lowest BCUT2D eigenvalue weighted by Gasteiger charge is -2.34. The second-order valence-corrected chi connectivity index (χ2v) is 6.24. The first kappa shape index (κ1) is 10.8. The minimum absolute atomic E-state index is 0.170. The van der Waals surface area contributed by atoms with Gasteiger partial charge in [0.25, 0.3) is 0 Å². The maximum atomic E-state index is 13.0. The number of anilines is 1. The minimum atomic E-state index is -0.170. The summed E-state index contributed by atoms with van der Waals surface area (Å²) >= 11 is 1.84. The van der Waals surface area contributed by atoms with Crippen molar-refractivity contribution in [2.24, 2.45) is 5.41 Å². The molecule has 1 heterocycles. The molecule has 0 aliphatic carbocycles. The molecule has 0 aromatic heterocycles. The normalized spacial score (nSPS) is 20.7. The van der Waals surface area contributed by atoms with Crippen molar-refractivity contribution in [3.8, 4) is 0 Å². The van der Waals surface area contributed by atoms with E-state index in [0.29, 0.717) is 5.25 Å². The van der Waals surface area contributed by atoms with Gasteiger partial charge in [-0.1, -0.05) is 20.8 Å². The highest BCUT2D eigenvalue weighted by molar-refractivity contribution is 8.00. The van der Waals surface area contributed by atoms with E-state index in [1.54, 1.807) is 6.07 Å². The third-order valence-electron chi connectivity index (χ3n) is 2.65. The molecule has 82 valence electrons. The van der Waals surface area contributed by atoms with Crippen molar-refractivity contribution in [1.29, 1.82) is 0 Å². The van der Waals surface area contributed by atoms with Gasteiger partial charge in [0.2, 0.25) is 0 Å². The van der Waals surface area contributed by atoms with Crippen molar-refractivity contribution >= 4 is 17.4 Å². The number of rotatable bonds is 0. The predicted octanol–water partition coefficient (Wildman–Crippen LogP) is 3.76. The van der Waals surface area contributed by atoms with Crippen LogP contribution in [0.15, 0.2) is 23.1 Å². The van der Waals surface area contributed by atoms with Crippen LogP contribution < -0.4 is 5.32 Å². The topological polar surface area (TPSA) is 12.0 Å². The Labute approximate surface area is 94.5 Å². The van der Waals surface area contributed by atoms with Crippen LogP contribution in [0.2, 0.25) is 0 Å². The van der Waals surface area contributed by atoms with Crippen LogP contribution in [0.4, 0.5) is 10.1 Å². The fourth-order valence-electron chi connectivity index (χ4n) is 1.62. The minimum Gasteiger partial charge on any atom is -0.383 e. The Morgan fingerprint density at radius 2 is 2.13 bits per heavy atom. The Balaban J connectivity index is 2.24. The molecule has 0 saturated carbocycles. The fourth-order valence-corrected chi connectivity index (χ4v) is 2.86. The van der Waals surface area contributed by atoms with Crippen LogP contribution in [0.5, 0.6) is 0 Å². The van der Waals surface area contributed by atoms with Crippen molar-refractivity contribution in [2.45, 2.75) is 30.9 Å². The molecule has 0 spiro atoms. The lowest BCUT2D eigenvalue weighted by molar-refractivity contribution is 0.401. The second-order valence-electron chi connectivity index (χ2n) is 4.99. The van der Waals surface area contributed by atoms with E-state index in [2.05, 4.69) is 26.1 Å². The molecule has 15 heavy (non-hydrogen) atoms. The molecule has 0 fully saturated rings. The number of nitrogens with one attached hydrogen (secondary N) is 1. The zero-order valence-corrected chi connectivity index (χ0v) is 10.1. The molecule has 0 amide bonds. The smallest absolute Gasteiger partial charge is 0.125 e. The van der Waals surface area contributed by atoms with Gasteiger partial charge < -0.3 is 5.32 Å². The molecule has 3 heteroatoms. The summed E-state index contributed by atoms with van der Waals surface area (Å²) in [5, 5.41) is 3.84. The maximum Gasteiger partial charge on any atom is 0.125 e. The number of hydrogen-bond acceptors (Lipinski definition) is 2. The first-order chi connectivity index (χ1) is 6.97. The van der Waals surface area contributed by atoms with E-state index in [1.165, 1.54) is 6.07 Å². The highest BCUT2D eigenvalue weighted by Crippen LogP contribution is 2.42. The Morgan fingerprint density at radius 1 is 1.40 bits per heavy atom. The summed E-state index contributed by atoms with van der Waals surface area (Å²) < 4.78 is 13.0. The molecule has 1 unspecified atom stereocenters. The van der Waals surface area contributed by atoms with Gasteiger partial charge in [0.1, 0.15) is 5.82 Å². The van der Waals surface area contributed by atoms with Crippen LogP contribution in [0.3, 0.4) is 0 Å². The second kappa shape index (κ2) is 3.71. The van der Waals surface area contributed by atoms with Gasteiger partial charge in [-0.3, -0.25) is 0 Å². The van der Waals surface area contributed by atoms with Crippen LogP contribution in [0, 0.1) is 11.2 Å². The van der Waals surface area contributed by atoms with Crippen molar-refractivity contribution in [3.05, 3.63) is 24.0 Å². The molecule has 1 aromatic rings. The molecular formula is C12H16FNS. The lowest BCUT2D eigenvalue weighted by Crippen LogP contribution is -2.32. The third-order valence-corrected chi connectivity index (χ3v) is 4.42. The van der Waals surface area contributed by atoms with E-state index in [0.717, 1.165) is 17.1 Å². The molecule has 0 bridgehead atoms. The van der Waals surface area contributed by atoms with Gasteiger partial charge in [0.15, 0.2) is 0 Å². The largest absolute Gasteiger partial charge is 0.383 e. The maximum absolute atomic E-state index is 13.0. The molecule has 1 aliphatic rings. The Hall–Kier alpha value is -0.700. The standard InChI is InChI=1S/C12H16FNS/c1-12(2,3)11-7-14-9-6-8(13)4-5-10(9)15-11/h4-6,11,14H,7H2,1-3H3. The number of hydrogen-bond donors (Lipinski definition) is 1. The summed E-state index contributed by atoms with van der Waals surface area (Å²) in [6, 6.07) is 4.96. The van der Waals surface area contributed by atoms with Gasteiger partial charge in [0, 0.05) is 16.7 Å². The summed E-state index contributed by atoms with van der Waals surface area (Å²) in [5.41, 5.74) is 1.20. The van der Waals surface area contributed by atoms with Crippen molar-refractivity contribution in [2.75, 3.05) is 11.9 Å². The van der Waals surface area contributed by atoms with Gasteiger partial charge in [-0.2, -0.15) is 0 Å². The van der Waals surface area contributed by atoms with E-state index in [-0.39, 0.29) is 11.2 Å². The van der Waals surface area contributed by atoms with Crippen molar-refractivity contribution in [3.63, 3.8) is 0 Å². The summed E-state index contributed by atoms with van der Waals surface area (Å²) in [4.78, 5) is 1.16.